The Labute approximate surface area is 130 Å². The summed E-state index contributed by atoms with van der Waals surface area (Å²) >= 11 is 0. The molecular weight excluding hydrogens is 302 g/mol. The highest BCUT2D eigenvalue weighted by Crippen LogP contribution is 2.15. The number of nitrogens with one attached hydrogen (secondary N) is 1. The van der Waals surface area contributed by atoms with Crippen LogP contribution < -0.4 is 5.32 Å². The predicted molar refractivity (Wildman–Crippen MR) is 84.5 cm³/mol. The summed E-state index contributed by atoms with van der Waals surface area (Å²) in [6, 6.07) is 13.0. The van der Waals surface area contributed by atoms with E-state index in [2.05, 4.69) is 10.1 Å². The Balaban J connectivity index is 2.20. The van der Waals surface area contributed by atoms with Crippen LogP contribution in [0.25, 0.3) is 0 Å². The number of hydrogen-bond acceptors (Lipinski definition) is 4. The van der Waals surface area contributed by atoms with E-state index in [4.69, 9.17) is 0 Å². The van der Waals surface area contributed by atoms with Crippen LogP contribution in [0.15, 0.2) is 53.4 Å². The number of amides is 1. The number of methoxy groups -OCH3 is 1. The molecule has 1 unspecified atom stereocenters. The molecule has 5 nitrogen and oxygen atoms in total. The van der Waals surface area contributed by atoms with Gasteiger partial charge in [0.15, 0.2) is 0 Å². The molecule has 0 bridgehead atoms. The van der Waals surface area contributed by atoms with Gasteiger partial charge in [-0.3, -0.25) is 9.00 Å². The number of carbonyl (C=O) groups is 2. The first kappa shape index (κ1) is 15.9. The number of anilines is 1. The van der Waals surface area contributed by atoms with Crippen LogP contribution in [0, 0.1) is 0 Å². The second-order valence-corrected chi connectivity index (χ2v) is 5.89. The van der Waals surface area contributed by atoms with Gasteiger partial charge in [-0.05, 0) is 36.4 Å². The van der Waals surface area contributed by atoms with Gasteiger partial charge in [-0.25, -0.2) is 4.79 Å². The molecule has 0 aliphatic rings. The molecular formula is C16H15NO4S. The number of hydrogen-bond donors (Lipinski definition) is 1. The Morgan fingerprint density at radius 1 is 1.05 bits per heavy atom. The molecule has 0 saturated carbocycles. The van der Waals surface area contributed by atoms with Crippen molar-refractivity contribution >= 4 is 28.4 Å². The smallest absolute Gasteiger partial charge is 0.337 e. The summed E-state index contributed by atoms with van der Waals surface area (Å²) in [7, 11) is 0.161. The van der Waals surface area contributed by atoms with Crippen LogP contribution in [0.1, 0.15) is 20.7 Å². The Morgan fingerprint density at radius 2 is 1.73 bits per heavy atom. The van der Waals surface area contributed by atoms with Crippen molar-refractivity contribution in [2.45, 2.75) is 4.90 Å². The molecule has 1 amide bonds. The van der Waals surface area contributed by atoms with E-state index in [0.717, 1.165) is 0 Å². The van der Waals surface area contributed by atoms with Crippen LogP contribution in [0.2, 0.25) is 0 Å². The minimum absolute atomic E-state index is 0.304. The lowest BCUT2D eigenvalue weighted by Gasteiger charge is -2.07. The molecule has 0 aliphatic carbocycles. The number of benzene rings is 2. The van der Waals surface area contributed by atoms with Gasteiger partial charge in [0.25, 0.3) is 5.91 Å². The SMILES string of the molecule is COC(=O)c1cccc(C(=O)Nc2cccc(S(C)=O)c2)c1. The van der Waals surface area contributed by atoms with Crippen molar-refractivity contribution in [2.24, 2.45) is 0 Å². The zero-order valence-corrected chi connectivity index (χ0v) is 13.0. The highest BCUT2D eigenvalue weighted by molar-refractivity contribution is 7.84. The minimum Gasteiger partial charge on any atom is -0.465 e. The molecule has 22 heavy (non-hydrogen) atoms. The monoisotopic (exact) mass is 317 g/mol. The molecule has 0 fully saturated rings. The number of esters is 1. The quantitative estimate of drug-likeness (QED) is 0.879. The van der Waals surface area contributed by atoms with Crippen molar-refractivity contribution in [3.63, 3.8) is 0 Å². The van der Waals surface area contributed by atoms with Gasteiger partial charge in [-0.15, -0.1) is 0 Å². The summed E-state index contributed by atoms with van der Waals surface area (Å²) in [6.45, 7) is 0. The molecule has 0 spiro atoms. The molecule has 1 atom stereocenters. The zero-order chi connectivity index (χ0) is 16.1. The minimum atomic E-state index is -1.12. The maximum atomic E-state index is 12.2. The topological polar surface area (TPSA) is 72.5 Å². The van der Waals surface area contributed by atoms with Crippen LogP contribution in [0.5, 0.6) is 0 Å². The lowest BCUT2D eigenvalue weighted by Crippen LogP contribution is -2.13. The summed E-state index contributed by atoms with van der Waals surface area (Å²) in [5.41, 5.74) is 1.19. The lowest BCUT2D eigenvalue weighted by atomic mass is 10.1. The average Bonchev–Trinajstić information content (AvgIpc) is 2.54. The van der Waals surface area contributed by atoms with Crippen molar-refractivity contribution in [3.8, 4) is 0 Å². The Hall–Kier alpha value is -2.47. The van der Waals surface area contributed by atoms with E-state index in [1.807, 2.05) is 0 Å². The number of rotatable bonds is 4. The fourth-order valence-electron chi connectivity index (χ4n) is 1.86. The van der Waals surface area contributed by atoms with Crippen molar-refractivity contribution in [1.29, 1.82) is 0 Å². The van der Waals surface area contributed by atoms with Gasteiger partial charge in [0.1, 0.15) is 0 Å². The molecule has 2 aromatic rings. The zero-order valence-electron chi connectivity index (χ0n) is 12.2. The normalized spacial score (nSPS) is 11.5. The highest BCUT2D eigenvalue weighted by atomic mass is 32.2. The molecule has 0 heterocycles. The summed E-state index contributed by atoms with van der Waals surface area (Å²) < 4.78 is 16.1. The summed E-state index contributed by atoms with van der Waals surface area (Å²) in [5.74, 6) is -0.859. The largest absolute Gasteiger partial charge is 0.465 e. The van der Waals surface area contributed by atoms with Crippen LogP contribution >= 0.6 is 0 Å². The third kappa shape index (κ3) is 3.79. The van der Waals surface area contributed by atoms with Gasteiger partial charge >= 0.3 is 5.97 Å². The van der Waals surface area contributed by atoms with E-state index in [1.165, 1.54) is 13.2 Å². The molecule has 0 saturated heterocycles. The molecule has 6 heteroatoms. The second kappa shape index (κ2) is 7.00. The Bertz CT molecular complexity index is 742. The molecule has 1 N–H and O–H groups in total. The third-order valence-electron chi connectivity index (χ3n) is 2.97. The number of ether oxygens (including phenoxy) is 1. The van der Waals surface area contributed by atoms with E-state index in [1.54, 1.807) is 48.7 Å². The highest BCUT2D eigenvalue weighted by Gasteiger charge is 2.11. The van der Waals surface area contributed by atoms with Crippen molar-refractivity contribution in [3.05, 3.63) is 59.7 Å². The molecule has 0 aliphatic heterocycles. The van der Waals surface area contributed by atoms with E-state index in [9.17, 15) is 13.8 Å². The predicted octanol–water partition coefficient (Wildman–Crippen LogP) is 2.46. The van der Waals surface area contributed by atoms with Crippen molar-refractivity contribution in [1.82, 2.24) is 0 Å². The van der Waals surface area contributed by atoms with Gasteiger partial charge in [0.2, 0.25) is 0 Å². The van der Waals surface area contributed by atoms with Crippen LogP contribution in [0.4, 0.5) is 5.69 Å². The molecule has 2 rings (SSSR count). The first-order valence-corrected chi connectivity index (χ1v) is 8.00. The van der Waals surface area contributed by atoms with Crippen LogP contribution in [-0.2, 0) is 15.5 Å². The summed E-state index contributed by atoms with van der Waals surface area (Å²) in [6.07, 6.45) is 1.57. The Morgan fingerprint density at radius 3 is 2.41 bits per heavy atom. The third-order valence-corrected chi connectivity index (χ3v) is 3.89. The number of carbonyl (C=O) groups excluding carboxylic acids is 2. The first-order chi connectivity index (χ1) is 10.5. The van der Waals surface area contributed by atoms with E-state index < -0.39 is 16.8 Å². The van der Waals surface area contributed by atoms with Crippen molar-refractivity contribution < 1.29 is 18.5 Å². The van der Waals surface area contributed by atoms with E-state index >= 15 is 0 Å². The molecule has 2 aromatic carbocycles. The fourth-order valence-corrected chi connectivity index (χ4v) is 2.42. The lowest BCUT2D eigenvalue weighted by molar-refractivity contribution is 0.0600. The van der Waals surface area contributed by atoms with E-state index in [-0.39, 0.29) is 5.91 Å². The Kier molecular flexibility index (Phi) is 5.06. The van der Waals surface area contributed by atoms with Gasteiger partial charge in [-0.1, -0.05) is 12.1 Å². The molecule has 0 radical (unpaired) electrons. The molecule has 114 valence electrons. The van der Waals surface area contributed by atoms with Gasteiger partial charge in [0.05, 0.1) is 12.7 Å². The summed E-state index contributed by atoms with van der Waals surface area (Å²) in [4.78, 5) is 24.3. The first-order valence-electron chi connectivity index (χ1n) is 6.44. The molecule has 0 aromatic heterocycles. The van der Waals surface area contributed by atoms with Crippen molar-refractivity contribution in [2.75, 3.05) is 18.7 Å². The van der Waals surface area contributed by atoms with Crippen LogP contribution in [0.3, 0.4) is 0 Å². The van der Waals surface area contributed by atoms with Gasteiger partial charge in [-0.2, -0.15) is 0 Å². The van der Waals surface area contributed by atoms with E-state index in [0.29, 0.717) is 21.7 Å². The summed E-state index contributed by atoms with van der Waals surface area (Å²) in [5, 5.41) is 2.71. The second-order valence-electron chi connectivity index (χ2n) is 4.51. The average molecular weight is 317 g/mol. The maximum absolute atomic E-state index is 12.2. The standard InChI is InChI=1S/C16H15NO4S/c1-21-16(19)12-6-3-5-11(9-12)15(18)17-13-7-4-8-14(10-13)22(2)20/h3-10H,1-2H3,(H,17,18). The van der Waals surface area contributed by atoms with Crippen LogP contribution in [-0.4, -0.2) is 29.5 Å². The maximum Gasteiger partial charge on any atom is 0.337 e. The fraction of sp³-hybridized carbons (Fsp3) is 0.125. The van der Waals surface area contributed by atoms with Gasteiger partial charge < -0.3 is 10.1 Å². The van der Waals surface area contributed by atoms with Gasteiger partial charge in [0, 0.05) is 33.2 Å².